The summed E-state index contributed by atoms with van der Waals surface area (Å²) in [6, 6.07) is 0. The van der Waals surface area contributed by atoms with E-state index >= 15 is 0 Å². The maximum absolute atomic E-state index is 9.22. The molecule has 0 aromatic carbocycles. The molecule has 70 valence electrons. The van der Waals surface area contributed by atoms with E-state index in [4.69, 9.17) is 0 Å². The van der Waals surface area contributed by atoms with E-state index in [0.717, 1.165) is 12.8 Å². The molecule has 0 radical (unpaired) electrons. The highest BCUT2D eigenvalue weighted by Gasteiger charge is 2.11. The molecule has 0 fully saturated rings. The molecule has 0 aromatic heterocycles. The van der Waals surface area contributed by atoms with Gasteiger partial charge in [-0.2, -0.15) is 11.8 Å². The molecule has 1 aliphatic carbocycles. The number of hydrogen-bond donors (Lipinski definition) is 1. The Morgan fingerprint density at radius 1 is 1.67 bits per heavy atom. The molecule has 0 spiro atoms. The minimum absolute atomic E-state index is 0.140. The van der Waals surface area contributed by atoms with E-state index in [1.54, 1.807) is 0 Å². The van der Waals surface area contributed by atoms with Gasteiger partial charge in [0, 0.05) is 0 Å². The highest BCUT2D eigenvalue weighted by Crippen LogP contribution is 2.22. The van der Waals surface area contributed by atoms with Crippen molar-refractivity contribution in [3.05, 3.63) is 11.6 Å². The van der Waals surface area contributed by atoms with E-state index in [9.17, 15) is 5.11 Å². The van der Waals surface area contributed by atoms with Crippen molar-refractivity contribution >= 4 is 11.8 Å². The molecule has 0 heterocycles. The highest BCUT2D eigenvalue weighted by atomic mass is 32.2. The van der Waals surface area contributed by atoms with Gasteiger partial charge in [0.15, 0.2) is 0 Å². The second kappa shape index (κ2) is 5.65. The third-order valence-corrected chi connectivity index (χ3v) is 3.17. The molecule has 1 aliphatic rings. The number of hydrogen-bond acceptors (Lipinski definition) is 2. The Balaban J connectivity index is 2.03. The molecule has 12 heavy (non-hydrogen) atoms. The van der Waals surface area contributed by atoms with E-state index in [1.165, 1.54) is 29.9 Å². The first kappa shape index (κ1) is 10.1. The van der Waals surface area contributed by atoms with Gasteiger partial charge in [-0.3, -0.25) is 0 Å². The Morgan fingerprint density at radius 3 is 3.08 bits per heavy atom. The zero-order valence-corrected chi connectivity index (χ0v) is 8.57. The number of allylic oxidation sites excluding steroid dienone is 1. The van der Waals surface area contributed by atoms with E-state index in [0.29, 0.717) is 0 Å². The molecule has 0 bridgehead atoms. The van der Waals surface area contributed by atoms with Gasteiger partial charge in [-0.15, -0.1) is 0 Å². The predicted octanol–water partition coefficient (Wildman–Crippen LogP) is 2.60. The highest BCUT2D eigenvalue weighted by molar-refractivity contribution is 7.99. The van der Waals surface area contributed by atoms with Crippen LogP contribution in [0.25, 0.3) is 0 Å². The number of thioether (sulfide) groups is 1. The fourth-order valence-corrected chi connectivity index (χ4v) is 2.16. The van der Waals surface area contributed by atoms with Crippen LogP contribution in [-0.4, -0.2) is 22.7 Å². The maximum atomic E-state index is 9.22. The molecule has 0 amide bonds. The van der Waals surface area contributed by atoms with Crippen LogP contribution >= 0.6 is 11.8 Å². The smallest absolute Gasteiger partial charge is 0.0726 e. The van der Waals surface area contributed by atoms with Gasteiger partial charge in [0.05, 0.1) is 6.10 Å². The van der Waals surface area contributed by atoms with Crippen molar-refractivity contribution in [1.82, 2.24) is 0 Å². The fraction of sp³-hybridized carbons (Fsp3) is 0.800. The first-order valence-corrected chi connectivity index (χ1v) is 5.93. The van der Waals surface area contributed by atoms with E-state index < -0.39 is 0 Å². The van der Waals surface area contributed by atoms with Crippen LogP contribution in [0.4, 0.5) is 0 Å². The van der Waals surface area contributed by atoms with Gasteiger partial charge in [0.1, 0.15) is 0 Å². The van der Waals surface area contributed by atoms with Crippen LogP contribution in [0.5, 0.6) is 0 Å². The van der Waals surface area contributed by atoms with Crippen LogP contribution in [0.2, 0.25) is 0 Å². The van der Waals surface area contributed by atoms with E-state index in [-0.39, 0.29) is 6.10 Å². The Bertz CT molecular complexity index is 154. The van der Waals surface area contributed by atoms with E-state index in [1.807, 2.05) is 17.8 Å². The third kappa shape index (κ3) is 3.63. The van der Waals surface area contributed by atoms with Gasteiger partial charge in [-0.1, -0.05) is 18.6 Å². The normalized spacial score (nSPS) is 22.8. The number of rotatable bonds is 5. The lowest BCUT2D eigenvalue weighted by Crippen LogP contribution is -1.93. The zero-order chi connectivity index (χ0) is 8.81. The fourth-order valence-electron chi connectivity index (χ4n) is 1.53. The minimum atomic E-state index is -0.140. The summed E-state index contributed by atoms with van der Waals surface area (Å²) in [4.78, 5) is 0. The van der Waals surface area contributed by atoms with Crippen molar-refractivity contribution in [2.75, 3.05) is 11.5 Å². The first-order chi connectivity index (χ1) is 5.83. The Kier molecular flexibility index (Phi) is 4.77. The largest absolute Gasteiger partial charge is 0.389 e. The summed E-state index contributed by atoms with van der Waals surface area (Å²) in [7, 11) is 0. The van der Waals surface area contributed by atoms with Gasteiger partial charge in [-0.05, 0) is 37.2 Å². The Morgan fingerprint density at radius 2 is 2.50 bits per heavy atom. The lowest BCUT2D eigenvalue weighted by molar-refractivity contribution is 0.223. The summed E-state index contributed by atoms with van der Waals surface area (Å²) in [6.07, 6.45) is 6.45. The molecule has 1 atom stereocenters. The standard InChI is InChI=1S/C10H18OS/c1-2-12-7-3-4-9-5-6-10(11)8-9/h8,10-11H,2-7H2,1H3. The van der Waals surface area contributed by atoms with Crippen molar-refractivity contribution in [2.24, 2.45) is 0 Å². The summed E-state index contributed by atoms with van der Waals surface area (Å²) in [6.45, 7) is 2.20. The molecule has 1 N–H and O–H groups in total. The van der Waals surface area contributed by atoms with Crippen LogP contribution in [0.3, 0.4) is 0 Å². The quantitative estimate of drug-likeness (QED) is 0.526. The second-order valence-electron chi connectivity index (χ2n) is 3.23. The van der Waals surface area contributed by atoms with Crippen LogP contribution in [0.1, 0.15) is 32.6 Å². The second-order valence-corrected chi connectivity index (χ2v) is 4.63. The molecule has 1 unspecified atom stereocenters. The van der Waals surface area contributed by atoms with Gasteiger partial charge < -0.3 is 5.11 Å². The maximum Gasteiger partial charge on any atom is 0.0726 e. The zero-order valence-electron chi connectivity index (χ0n) is 7.75. The monoisotopic (exact) mass is 186 g/mol. The molecule has 1 nitrogen and oxygen atoms in total. The first-order valence-electron chi connectivity index (χ1n) is 4.78. The molecular weight excluding hydrogens is 168 g/mol. The van der Waals surface area contributed by atoms with Crippen molar-refractivity contribution < 1.29 is 5.11 Å². The SMILES string of the molecule is CCSCCCC1=CC(O)CC1. The topological polar surface area (TPSA) is 20.2 Å². The summed E-state index contributed by atoms with van der Waals surface area (Å²) < 4.78 is 0. The van der Waals surface area contributed by atoms with Gasteiger partial charge in [0.25, 0.3) is 0 Å². The minimum Gasteiger partial charge on any atom is -0.389 e. The van der Waals surface area contributed by atoms with E-state index in [2.05, 4.69) is 6.92 Å². The average molecular weight is 186 g/mol. The number of aliphatic hydroxyl groups excluding tert-OH is 1. The average Bonchev–Trinajstić information content (AvgIpc) is 2.45. The number of aliphatic hydroxyl groups is 1. The summed E-state index contributed by atoms with van der Waals surface area (Å²) in [5.41, 5.74) is 1.47. The van der Waals surface area contributed by atoms with Crippen LogP contribution in [-0.2, 0) is 0 Å². The molecule has 0 aromatic rings. The summed E-state index contributed by atoms with van der Waals surface area (Å²) >= 11 is 2.00. The van der Waals surface area contributed by atoms with Gasteiger partial charge >= 0.3 is 0 Å². The summed E-state index contributed by atoms with van der Waals surface area (Å²) in [5, 5.41) is 9.22. The van der Waals surface area contributed by atoms with Crippen molar-refractivity contribution in [1.29, 1.82) is 0 Å². The van der Waals surface area contributed by atoms with Crippen molar-refractivity contribution in [3.8, 4) is 0 Å². The lowest BCUT2D eigenvalue weighted by Gasteiger charge is -1.99. The van der Waals surface area contributed by atoms with Crippen LogP contribution < -0.4 is 0 Å². The van der Waals surface area contributed by atoms with Crippen molar-refractivity contribution in [2.45, 2.75) is 38.7 Å². The lowest BCUT2D eigenvalue weighted by atomic mass is 10.1. The molecule has 0 aliphatic heterocycles. The third-order valence-electron chi connectivity index (χ3n) is 2.18. The van der Waals surface area contributed by atoms with Crippen molar-refractivity contribution in [3.63, 3.8) is 0 Å². The molecule has 0 saturated carbocycles. The Labute approximate surface area is 79.2 Å². The van der Waals surface area contributed by atoms with Gasteiger partial charge in [-0.25, -0.2) is 0 Å². The van der Waals surface area contributed by atoms with Crippen LogP contribution in [0.15, 0.2) is 11.6 Å². The summed E-state index contributed by atoms with van der Waals surface area (Å²) in [5.74, 6) is 2.49. The molecule has 1 rings (SSSR count). The van der Waals surface area contributed by atoms with Gasteiger partial charge in [0.2, 0.25) is 0 Å². The molecular formula is C10H18OS. The molecule has 2 heteroatoms. The Hall–Kier alpha value is 0.0500. The molecule has 0 saturated heterocycles. The van der Waals surface area contributed by atoms with Crippen LogP contribution in [0, 0.1) is 0 Å². The predicted molar refractivity (Wildman–Crippen MR) is 55.6 cm³/mol.